The summed E-state index contributed by atoms with van der Waals surface area (Å²) in [5, 5.41) is 2.97. The van der Waals surface area contributed by atoms with Crippen LogP contribution in [-0.2, 0) is 19.6 Å². The van der Waals surface area contributed by atoms with Crippen LogP contribution in [0, 0.1) is 6.92 Å². The molecule has 2 aliphatic rings. The largest absolute Gasteiger partial charge is 0.463 e. The Morgan fingerprint density at radius 1 is 1.05 bits per heavy atom. The summed E-state index contributed by atoms with van der Waals surface area (Å²) in [5.41, 5.74) is 2.78. The third-order valence-electron chi connectivity index (χ3n) is 7.03. The number of urea groups is 1. The summed E-state index contributed by atoms with van der Waals surface area (Å²) in [6.45, 7) is 9.56. The van der Waals surface area contributed by atoms with Crippen molar-refractivity contribution in [1.29, 1.82) is 0 Å². The van der Waals surface area contributed by atoms with Crippen molar-refractivity contribution in [2.75, 3.05) is 39.3 Å². The number of sulfonamides is 1. The highest BCUT2D eigenvalue weighted by Crippen LogP contribution is 2.32. The van der Waals surface area contributed by atoms with Crippen molar-refractivity contribution in [3.63, 3.8) is 0 Å². The third-order valence-corrected chi connectivity index (χ3v) is 9.06. The molecule has 38 heavy (non-hydrogen) atoms. The molecule has 0 aromatic heterocycles. The molecule has 1 N–H and O–H groups in total. The Morgan fingerprint density at radius 2 is 1.74 bits per heavy atom. The fraction of sp³-hybridized carbons (Fsp3) is 0.429. The van der Waals surface area contributed by atoms with E-state index in [0.29, 0.717) is 44.0 Å². The first-order valence-electron chi connectivity index (χ1n) is 13.0. The van der Waals surface area contributed by atoms with Gasteiger partial charge in [0.15, 0.2) is 0 Å². The van der Waals surface area contributed by atoms with Crippen molar-refractivity contribution in [3.05, 3.63) is 77.0 Å². The first-order valence-corrected chi connectivity index (χ1v) is 14.4. The van der Waals surface area contributed by atoms with Gasteiger partial charge in [-0.2, -0.15) is 4.31 Å². The van der Waals surface area contributed by atoms with Crippen LogP contribution in [0.4, 0.5) is 4.79 Å². The van der Waals surface area contributed by atoms with Gasteiger partial charge < -0.3 is 10.1 Å². The number of carbonyl (C=O) groups is 2. The van der Waals surface area contributed by atoms with E-state index in [0.717, 1.165) is 11.1 Å². The van der Waals surface area contributed by atoms with Crippen molar-refractivity contribution in [3.8, 4) is 0 Å². The second-order valence-electron chi connectivity index (χ2n) is 9.63. The van der Waals surface area contributed by atoms with Crippen LogP contribution in [0.5, 0.6) is 0 Å². The van der Waals surface area contributed by atoms with Gasteiger partial charge in [0.2, 0.25) is 10.0 Å². The van der Waals surface area contributed by atoms with Crippen molar-refractivity contribution >= 4 is 22.0 Å². The van der Waals surface area contributed by atoms with Crippen LogP contribution in [0.2, 0.25) is 0 Å². The highest BCUT2D eigenvalue weighted by Gasteiger charge is 2.40. The van der Waals surface area contributed by atoms with E-state index in [2.05, 4.69) is 10.2 Å². The molecule has 0 saturated carbocycles. The number of esters is 1. The number of nitrogens with zero attached hydrogens (tertiary/aromatic N) is 3. The van der Waals surface area contributed by atoms with Crippen LogP contribution in [-0.4, -0.2) is 79.9 Å². The number of amides is 2. The Bertz CT molecular complexity index is 1290. The molecule has 1 saturated heterocycles. The zero-order valence-electron chi connectivity index (χ0n) is 22.4. The molecular weight excluding hydrogens is 504 g/mol. The summed E-state index contributed by atoms with van der Waals surface area (Å²) in [7, 11) is -3.64. The fourth-order valence-electron chi connectivity index (χ4n) is 5.13. The molecule has 2 aliphatic heterocycles. The van der Waals surface area contributed by atoms with Crippen LogP contribution in [0.25, 0.3) is 0 Å². The smallest absolute Gasteiger partial charge is 0.338 e. The van der Waals surface area contributed by atoms with Crippen LogP contribution in [0.3, 0.4) is 0 Å². The van der Waals surface area contributed by atoms with Gasteiger partial charge in [-0.05, 0) is 45.4 Å². The zero-order chi connectivity index (χ0) is 27.4. The number of hydrogen-bond acceptors (Lipinski definition) is 6. The lowest BCUT2D eigenvalue weighted by atomic mass is 9.94. The predicted octanol–water partition coefficient (Wildman–Crippen LogP) is 3.29. The van der Waals surface area contributed by atoms with Gasteiger partial charge in [0.25, 0.3) is 0 Å². The quantitative estimate of drug-likeness (QED) is 0.516. The number of carbonyl (C=O) groups excluding carboxylic acids is 2. The standard InChI is InChI=1S/C28H36N4O5S/c1-5-31-24(25(27(33)37-6-2)26(29-28(31)34)22-10-8-7-9-11-22)19-30-16-17-32(21(4)18-30)38(35,36)23-14-12-20(3)13-15-23/h7-15,21,26H,5-6,16-19H2,1-4H3,(H,29,34). The van der Waals surface area contributed by atoms with Crippen LogP contribution in [0.1, 0.15) is 37.9 Å². The van der Waals surface area contributed by atoms with E-state index in [4.69, 9.17) is 4.74 Å². The van der Waals surface area contributed by atoms with E-state index >= 15 is 0 Å². The number of rotatable bonds is 8. The second-order valence-corrected chi connectivity index (χ2v) is 11.5. The molecule has 2 atom stereocenters. The maximum atomic E-state index is 13.3. The van der Waals surface area contributed by atoms with Crippen LogP contribution >= 0.6 is 0 Å². The van der Waals surface area contributed by atoms with Gasteiger partial charge in [0.05, 0.1) is 23.1 Å². The Balaban J connectivity index is 1.63. The van der Waals surface area contributed by atoms with E-state index in [-0.39, 0.29) is 23.6 Å². The highest BCUT2D eigenvalue weighted by atomic mass is 32.2. The Hall–Kier alpha value is -3.21. The van der Waals surface area contributed by atoms with E-state index < -0.39 is 22.0 Å². The van der Waals surface area contributed by atoms with E-state index in [9.17, 15) is 18.0 Å². The molecule has 1 fully saturated rings. The molecule has 0 spiro atoms. The molecule has 0 bridgehead atoms. The van der Waals surface area contributed by atoms with E-state index in [1.165, 1.54) is 4.31 Å². The lowest BCUT2D eigenvalue weighted by Gasteiger charge is -2.42. The Morgan fingerprint density at radius 3 is 2.34 bits per heavy atom. The van der Waals surface area contributed by atoms with Gasteiger partial charge in [0, 0.05) is 44.5 Å². The SMILES string of the molecule is CCOC(=O)C1=C(CN2CCN(S(=O)(=O)c3ccc(C)cc3)C(C)C2)N(CC)C(=O)NC1c1ccccc1. The molecule has 10 heteroatoms. The van der Waals surface area contributed by atoms with Crippen LogP contribution < -0.4 is 5.32 Å². The zero-order valence-corrected chi connectivity index (χ0v) is 23.2. The third kappa shape index (κ3) is 5.62. The topological polar surface area (TPSA) is 99.3 Å². The predicted molar refractivity (Wildman–Crippen MR) is 145 cm³/mol. The van der Waals surface area contributed by atoms with E-state index in [1.54, 1.807) is 36.1 Å². The molecule has 2 heterocycles. The van der Waals surface area contributed by atoms with Gasteiger partial charge in [-0.15, -0.1) is 0 Å². The molecule has 2 aromatic carbocycles. The van der Waals surface area contributed by atoms with Gasteiger partial charge in [0.1, 0.15) is 0 Å². The van der Waals surface area contributed by atoms with Crippen molar-refractivity contribution in [2.24, 2.45) is 0 Å². The lowest BCUT2D eigenvalue weighted by Crippen LogP contribution is -2.56. The van der Waals surface area contributed by atoms with Gasteiger partial charge in [-0.3, -0.25) is 9.80 Å². The highest BCUT2D eigenvalue weighted by molar-refractivity contribution is 7.89. The van der Waals surface area contributed by atoms with Crippen LogP contribution in [0.15, 0.2) is 70.8 Å². The van der Waals surface area contributed by atoms with E-state index in [1.807, 2.05) is 51.1 Å². The van der Waals surface area contributed by atoms with Crippen molar-refractivity contribution < 1.29 is 22.7 Å². The fourth-order valence-corrected chi connectivity index (χ4v) is 6.74. The average Bonchev–Trinajstić information content (AvgIpc) is 2.89. The molecule has 0 aliphatic carbocycles. The first kappa shape index (κ1) is 27.8. The first-order chi connectivity index (χ1) is 18.2. The van der Waals surface area contributed by atoms with Gasteiger partial charge in [-0.25, -0.2) is 18.0 Å². The molecule has 9 nitrogen and oxygen atoms in total. The monoisotopic (exact) mass is 540 g/mol. The summed E-state index contributed by atoms with van der Waals surface area (Å²) in [5.74, 6) is -0.469. The molecule has 4 rings (SSSR count). The number of piperazine rings is 1. The molecule has 2 amide bonds. The number of benzene rings is 2. The maximum absolute atomic E-state index is 13.3. The van der Waals surface area contributed by atoms with Crippen molar-refractivity contribution in [1.82, 2.24) is 19.4 Å². The normalized spacial score (nSPS) is 21.4. The number of likely N-dealkylation sites (N-methyl/N-ethyl adjacent to an activating group) is 1. The summed E-state index contributed by atoms with van der Waals surface area (Å²) in [6.07, 6.45) is 0. The minimum atomic E-state index is -3.64. The van der Waals surface area contributed by atoms with Crippen molar-refractivity contribution in [2.45, 2.75) is 44.7 Å². The summed E-state index contributed by atoms with van der Waals surface area (Å²) in [6, 6.07) is 15.0. The number of hydrogen-bond donors (Lipinski definition) is 1. The van der Waals surface area contributed by atoms with Gasteiger partial charge >= 0.3 is 12.0 Å². The second kappa shape index (κ2) is 11.7. The minimum absolute atomic E-state index is 0.212. The molecule has 2 aromatic rings. The maximum Gasteiger partial charge on any atom is 0.338 e. The lowest BCUT2D eigenvalue weighted by molar-refractivity contribution is -0.139. The Kier molecular flexibility index (Phi) is 8.54. The number of ether oxygens (including phenoxy) is 1. The molecule has 204 valence electrons. The molecule has 2 unspecified atom stereocenters. The number of nitrogens with one attached hydrogen (secondary N) is 1. The average molecular weight is 541 g/mol. The summed E-state index contributed by atoms with van der Waals surface area (Å²) >= 11 is 0. The Labute approximate surface area is 225 Å². The number of aryl methyl sites for hydroxylation is 1. The summed E-state index contributed by atoms with van der Waals surface area (Å²) < 4.78 is 33.6. The minimum Gasteiger partial charge on any atom is -0.463 e. The molecular formula is C28H36N4O5S. The summed E-state index contributed by atoms with van der Waals surface area (Å²) in [4.78, 5) is 30.4. The van der Waals surface area contributed by atoms with Gasteiger partial charge in [-0.1, -0.05) is 48.0 Å². The molecule has 0 radical (unpaired) electrons.